The van der Waals surface area contributed by atoms with Crippen LogP contribution in [0, 0.1) is 0 Å². The van der Waals surface area contributed by atoms with Crippen molar-refractivity contribution in [3.8, 4) is 17.1 Å². The number of aromatic nitrogens is 3. The molecule has 6 heteroatoms. The topological polar surface area (TPSA) is 69.0 Å². The average molecular weight is 350 g/mol. The number of nitrogens with zero attached hydrogens (tertiary/aromatic N) is 3. The molecule has 134 valence electrons. The van der Waals surface area contributed by atoms with E-state index in [-0.39, 0.29) is 5.91 Å². The number of hydrogen-bond acceptors (Lipinski definition) is 4. The summed E-state index contributed by atoms with van der Waals surface area (Å²) in [6.07, 6.45) is 2.08. The predicted molar refractivity (Wildman–Crippen MR) is 99.6 cm³/mol. The maximum atomic E-state index is 12.2. The van der Waals surface area contributed by atoms with Crippen LogP contribution < -0.4 is 10.1 Å². The summed E-state index contributed by atoms with van der Waals surface area (Å²) in [5, 5.41) is 7.36. The van der Waals surface area contributed by atoms with E-state index in [2.05, 4.69) is 15.4 Å². The molecule has 0 spiro atoms. The van der Waals surface area contributed by atoms with Gasteiger partial charge in [0.25, 0.3) is 0 Å². The van der Waals surface area contributed by atoms with Crippen LogP contribution in [0.25, 0.3) is 11.4 Å². The molecule has 1 N–H and O–H groups in total. The first-order valence-corrected chi connectivity index (χ1v) is 8.58. The van der Waals surface area contributed by atoms with Crippen molar-refractivity contribution < 1.29 is 9.53 Å². The standard InChI is InChI=1S/C20H22N4O2/c1-3-26-17-9-7-15(8-10-17)12-20(25)22-14-16-13-19(24(2)23-16)18-6-4-5-11-21-18/h4-11,13H,3,12,14H2,1-2H3,(H,22,25). The third-order valence-electron chi connectivity index (χ3n) is 3.92. The van der Waals surface area contributed by atoms with Crippen molar-refractivity contribution in [2.24, 2.45) is 7.05 Å². The predicted octanol–water partition coefficient (Wildman–Crippen LogP) is 2.74. The summed E-state index contributed by atoms with van der Waals surface area (Å²) in [7, 11) is 1.87. The lowest BCUT2D eigenvalue weighted by Gasteiger charge is -2.06. The number of pyridine rings is 1. The molecule has 6 nitrogen and oxygen atoms in total. The van der Waals surface area contributed by atoms with Gasteiger partial charge in [-0.1, -0.05) is 18.2 Å². The van der Waals surface area contributed by atoms with Crippen LogP contribution in [0.15, 0.2) is 54.7 Å². The lowest BCUT2D eigenvalue weighted by Crippen LogP contribution is -2.24. The molecule has 3 aromatic rings. The zero-order chi connectivity index (χ0) is 18.4. The number of carbonyl (C=O) groups is 1. The molecule has 0 bridgehead atoms. The molecule has 3 rings (SSSR count). The first kappa shape index (κ1) is 17.7. The fourth-order valence-corrected chi connectivity index (χ4v) is 2.67. The molecule has 0 atom stereocenters. The summed E-state index contributed by atoms with van der Waals surface area (Å²) in [6.45, 7) is 2.96. The Morgan fingerprint density at radius 2 is 2.00 bits per heavy atom. The minimum Gasteiger partial charge on any atom is -0.494 e. The van der Waals surface area contributed by atoms with Crippen molar-refractivity contribution in [1.82, 2.24) is 20.1 Å². The van der Waals surface area contributed by atoms with Crippen molar-refractivity contribution in [2.45, 2.75) is 19.9 Å². The molecule has 0 aliphatic rings. The van der Waals surface area contributed by atoms with Crippen molar-refractivity contribution in [1.29, 1.82) is 0 Å². The average Bonchev–Trinajstić information content (AvgIpc) is 3.03. The van der Waals surface area contributed by atoms with Crippen molar-refractivity contribution in [3.63, 3.8) is 0 Å². The molecule has 2 heterocycles. The van der Waals surface area contributed by atoms with Gasteiger partial charge < -0.3 is 10.1 Å². The fourth-order valence-electron chi connectivity index (χ4n) is 2.67. The maximum Gasteiger partial charge on any atom is 0.224 e. The zero-order valence-electron chi connectivity index (χ0n) is 15.0. The van der Waals surface area contributed by atoms with Crippen LogP contribution >= 0.6 is 0 Å². The van der Waals surface area contributed by atoms with E-state index in [9.17, 15) is 4.79 Å². The first-order chi connectivity index (χ1) is 12.7. The van der Waals surface area contributed by atoms with Gasteiger partial charge in [0.1, 0.15) is 5.75 Å². The van der Waals surface area contributed by atoms with E-state index >= 15 is 0 Å². The second-order valence-corrected chi connectivity index (χ2v) is 5.89. The van der Waals surface area contributed by atoms with Crippen LogP contribution in [0.4, 0.5) is 0 Å². The number of benzene rings is 1. The Kier molecular flexibility index (Phi) is 5.63. The van der Waals surface area contributed by atoms with Gasteiger partial charge in [0, 0.05) is 13.2 Å². The summed E-state index contributed by atoms with van der Waals surface area (Å²) in [4.78, 5) is 16.5. The molecule has 0 saturated carbocycles. The van der Waals surface area contributed by atoms with Gasteiger partial charge in [-0.2, -0.15) is 5.10 Å². The maximum absolute atomic E-state index is 12.2. The number of carbonyl (C=O) groups excluding carboxylic acids is 1. The molecule has 0 radical (unpaired) electrons. The van der Waals surface area contributed by atoms with E-state index < -0.39 is 0 Å². The molecule has 1 amide bonds. The third kappa shape index (κ3) is 4.47. The molecule has 0 fully saturated rings. The molecular formula is C20H22N4O2. The molecule has 0 aliphatic carbocycles. The summed E-state index contributed by atoms with van der Waals surface area (Å²) >= 11 is 0. The molecule has 1 aromatic carbocycles. The van der Waals surface area contributed by atoms with Gasteiger partial charge in [-0.3, -0.25) is 14.5 Å². The van der Waals surface area contributed by atoms with Gasteiger partial charge in [-0.25, -0.2) is 0 Å². The Morgan fingerprint density at radius 3 is 2.69 bits per heavy atom. The lowest BCUT2D eigenvalue weighted by molar-refractivity contribution is -0.120. The van der Waals surface area contributed by atoms with E-state index in [0.29, 0.717) is 19.6 Å². The van der Waals surface area contributed by atoms with E-state index in [1.54, 1.807) is 10.9 Å². The van der Waals surface area contributed by atoms with Crippen LogP contribution in [0.2, 0.25) is 0 Å². The Bertz CT molecular complexity index is 857. The van der Waals surface area contributed by atoms with Crippen LogP contribution in [0.5, 0.6) is 5.75 Å². The Hall–Kier alpha value is -3.15. The molecule has 26 heavy (non-hydrogen) atoms. The third-order valence-corrected chi connectivity index (χ3v) is 3.92. The van der Waals surface area contributed by atoms with E-state index in [1.165, 1.54) is 0 Å². The Morgan fingerprint density at radius 1 is 1.19 bits per heavy atom. The number of rotatable bonds is 7. The molecule has 2 aromatic heterocycles. The summed E-state index contributed by atoms with van der Waals surface area (Å²) < 4.78 is 7.18. The van der Waals surface area contributed by atoms with Gasteiger partial charge in [0.2, 0.25) is 5.91 Å². The van der Waals surface area contributed by atoms with Gasteiger partial charge in [-0.05, 0) is 42.8 Å². The quantitative estimate of drug-likeness (QED) is 0.711. The highest BCUT2D eigenvalue weighted by Crippen LogP contribution is 2.17. The monoisotopic (exact) mass is 350 g/mol. The summed E-state index contributed by atoms with van der Waals surface area (Å²) in [5.74, 6) is 0.770. The smallest absolute Gasteiger partial charge is 0.224 e. The number of nitrogens with one attached hydrogen (secondary N) is 1. The Labute approximate surface area is 152 Å². The largest absolute Gasteiger partial charge is 0.494 e. The van der Waals surface area contributed by atoms with Crippen LogP contribution in [-0.2, 0) is 24.8 Å². The van der Waals surface area contributed by atoms with Crippen molar-refractivity contribution in [3.05, 3.63) is 66.0 Å². The highest BCUT2D eigenvalue weighted by molar-refractivity contribution is 5.78. The van der Waals surface area contributed by atoms with Crippen molar-refractivity contribution in [2.75, 3.05) is 6.61 Å². The van der Waals surface area contributed by atoms with Crippen molar-refractivity contribution >= 4 is 5.91 Å². The van der Waals surface area contributed by atoms with Crippen LogP contribution in [0.3, 0.4) is 0 Å². The molecule has 0 unspecified atom stereocenters. The highest BCUT2D eigenvalue weighted by Gasteiger charge is 2.10. The summed E-state index contributed by atoms with van der Waals surface area (Å²) in [5.41, 5.74) is 3.52. The number of amides is 1. The minimum atomic E-state index is -0.0424. The minimum absolute atomic E-state index is 0.0424. The van der Waals surface area contributed by atoms with Gasteiger partial charge >= 0.3 is 0 Å². The molecular weight excluding hydrogens is 328 g/mol. The zero-order valence-corrected chi connectivity index (χ0v) is 15.0. The lowest BCUT2D eigenvalue weighted by atomic mass is 10.1. The van der Waals surface area contributed by atoms with Gasteiger partial charge in [-0.15, -0.1) is 0 Å². The highest BCUT2D eigenvalue weighted by atomic mass is 16.5. The molecule has 0 aliphatic heterocycles. The normalized spacial score (nSPS) is 10.5. The number of ether oxygens (including phenoxy) is 1. The summed E-state index contributed by atoms with van der Waals surface area (Å²) in [6, 6.07) is 15.3. The molecule has 0 saturated heterocycles. The van der Waals surface area contributed by atoms with E-state index in [0.717, 1.165) is 28.4 Å². The van der Waals surface area contributed by atoms with Crippen LogP contribution in [0.1, 0.15) is 18.2 Å². The number of hydrogen-bond donors (Lipinski definition) is 1. The second kappa shape index (κ2) is 8.29. The first-order valence-electron chi connectivity index (χ1n) is 8.58. The van der Waals surface area contributed by atoms with E-state index in [4.69, 9.17) is 4.74 Å². The number of aryl methyl sites for hydroxylation is 1. The van der Waals surface area contributed by atoms with E-state index in [1.807, 2.05) is 62.5 Å². The van der Waals surface area contributed by atoms with Crippen LogP contribution in [-0.4, -0.2) is 27.3 Å². The fraction of sp³-hybridized carbons (Fsp3) is 0.250. The van der Waals surface area contributed by atoms with Gasteiger partial charge in [0.05, 0.1) is 36.7 Å². The second-order valence-electron chi connectivity index (χ2n) is 5.89. The SMILES string of the molecule is CCOc1ccc(CC(=O)NCc2cc(-c3ccccn3)n(C)n2)cc1. The van der Waals surface area contributed by atoms with Gasteiger partial charge in [0.15, 0.2) is 0 Å². The Balaban J connectivity index is 1.56.